The highest BCUT2D eigenvalue weighted by atomic mass is 16.5. The molecule has 0 saturated carbocycles. The third-order valence-corrected chi connectivity index (χ3v) is 4.72. The number of carbonyl (C=O) groups is 2. The molecule has 2 rings (SSSR count). The molecule has 2 saturated heterocycles. The van der Waals surface area contributed by atoms with Crippen molar-refractivity contribution in [1.82, 2.24) is 10.2 Å². The maximum absolute atomic E-state index is 12.7. The van der Waals surface area contributed by atoms with Crippen molar-refractivity contribution in [1.29, 1.82) is 0 Å². The number of rotatable bonds is 6. The number of nitrogens with one attached hydrogen (secondary N) is 1. The molecule has 5 nitrogen and oxygen atoms in total. The van der Waals surface area contributed by atoms with Gasteiger partial charge in [-0.25, -0.2) is 0 Å². The molecule has 21 heavy (non-hydrogen) atoms. The lowest BCUT2D eigenvalue weighted by Gasteiger charge is -2.40. The Balaban J connectivity index is 2.11. The van der Waals surface area contributed by atoms with Crippen LogP contribution in [0, 0.1) is 5.92 Å². The van der Waals surface area contributed by atoms with Gasteiger partial charge in [0.15, 0.2) is 0 Å². The van der Waals surface area contributed by atoms with E-state index in [1.807, 2.05) is 18.7 Å². The third kappa shape index (κ3) is 3.39. The molecule has 0 radical (unpaired) electrons. The molecule has 4 unspecified atom stereocenters. The quantitative estimate of drug-likeness (QED) is 0.812. The highest BCUT2D eigenvalue weighted by Crippen LogP contribution is 2.27. The van der Waals surface area contributed by atoms with Crippen molar-refractivity contribution < 1.29 is 14.3 Å². The Morgan fingerprint density at radius 1 is 1.24 bits per heavy atom. The summed E-state index contributed by atoms with van der Waals surface area (Å²) >= 11 is 0. The number of amides is 2. The van der Waals surface area contributed by atoms with Crippen molar-refractivity contribution in [3.63, 3.8) is 0 Å². The van der Waals surface area contributed by atoms with Crippen LogP contribution in [0.25, 0.3) is 0 Å². The van der Waals surface area contributed by atoms with E-state index in [-0.39, 0.29) is 30.0 Å². The Kier molecular flexibility index (Phi) is 5.62. The van der Waals surface area contributed by atoms with Gasteiger partial charge in [0.1, 0.15) is 12.1 Å². The number of ether oxygens (including phenoxy) is 1. The van der Waals surface area contributed by atoms with Gasteiger partial charge < -0.3 is 15.0 Å². The Morgan fingerprint density at radius 3 is 2.62 bits per heavy atom. The van der Waals surface area contributed by atoms with Crippen LogP contribution in [0.5, 0.6) is 0 Å². The fourth-order valence-electron chi connectivity index (χ4n) is 3.54. The lowest BCUT2D eigenvalue weighted by Crippen LogP contribution is -2.64. The second-order valence-electron chi connectivity index (χ2n) is 6.13. The van der Waals surface area contributed by atoms with Gasteiger partial charge in [-0.2, -0.15) is 0 Å². The summed E-state index contributed by atoms with van der Waals surface area (Å²) in [6, 6.07) is -0.656. The minimum atomic E-state index is -0.340. The van der Waals surface area contributed by atoms with Crippen LogP contribution in [0.2, 0.25) is 0 Å². The Bertz CT molecular complexity index is 386. The van der Waals surface area contributed by atoms with Crippen molar-refractivity contribution in [2.24, 2.45) is 5.92 Å². The lowest BCUT2D eigenvalue weighted by molar-refractivity contribution is -0.150. The van der Waals surface area contributed by atoms with Crippen LogP contribution in [0.15, 0.2) is 0 Å². The van der Waals surface area contributed by atoms with Gasteiger partial charge in [0.2, 0.25) is 11.8 Å². The summed E-state index contributed by atoms with van der Waals surface area (Å²) in [5.41, 5.74) is 0. The zero-order valence-corrected chi connectivity index (χ0v) is 13.4. The number of piperazine rings is 1. The van der Waals surface area contributed by atoms with Crippen LogP contribution in [0.1, 0.15) is 52.9 Å². The second-order valence-corrected chi connectivity index (χ2v) is 6.13. The van der Waals surface area contributed by atoms with Crippen molar-refractivity contribution in [3.8, 4) is 0 Å². The van der Waals surface area contributed by atoms with E-state index < -0.39 is 0 Å². The van der Waals surface area contributed by atoms with Gasteiger partial charge in [0.25, 0.3) is 0 Å². The normalized spacial score (nSPS) is 33.4. The zero-order chi connectivity index (χ0) is 15.4. The fourth-order valence-corrected chi connectivity index (χ4v) is 3.54. The van der Waals surface area contributed by atoms with Crippen LogP contribution in [0.3, 0.4) is 0 Å². The van der Waals surface area contributed by atoms with E-state index in [0.717, 1.165) is 32.3 Å². The maximum Gasteiger partial charge on any atom is 0.245 e. The molecule has 2 aliphatic rings. The van der Waals surface area contributed by atoms with Gasteiger partial charge in [0, 0.05) is 19.1 Å². The average molecular weight is 296 g/mol. The van der Waals surface area contributed by atoms with Crippen molar-refractivity contribution in [2.75, 3.05) is 13.2 Å². The van der Waals surface area contributed by atoms with Gasteiger partial charge in [-0.3, -0.25) is 9.59 Å². The maximum atomic E-state index is 12.7. The van der Waals surface area contributed by atoms with Crippen LogP contribution < -0.4 is 5.32 Å². The summed E-state index contributed by atoms with van der Waals surface area (Å²) in [5, 5.41) is 2.89. The summed E-state index contributed by atoms with van der Waals surface area (Å²) in [6.07, 6.45) is 4.46. The molecular weight excluding hydrogens is 268 g/mol. The zero-order valence-electron chi connectivity index (χ0n) is 13.4. The third-order valence-electron chi connectivity index (χ3n) is 4.72. The van der Waals surface area contributed by atoms with E-state index in [1.165, 1.54) is 0 Å². The number of hydrogen-bond acceptors (Lipinski definition) is 3. The standard InChI is InChI=1S/C16H28N2O3/c1-4-7-12-16(20)18(13(5-2)15(19)17-12)10-11-8-9-21-14(11)6-3/h11-14H,4-10H2,1-3H3,(H,17,19). The molecule has 0 bridgehead atoms. The molecule has 2 heterocycles. The van der Waals surface area contributed by atoms with Crippen LogP contribution in [-0.4, -0.2) is 48.1 Å². The number of nitrogens with zero attached hydrogens (tertiary/aromatic N) is 1. The molecule has 0 aliphatic carbocycles. The molecule has 2 aliphatic heterocycles. The Hall–Kier alpha value is -1.10. The molecule has 2 fully saturated rings. The lowest BCUT2D eigenvalue weighted by atomic mass is 9.95. The van der Waals surface area contributed by atoms with E-state index in [4.69, 9.17) is 4.74 Å². The largest absolute Gasteiger partial charge is 0.378 e. The molecule has 1 N–H and O–H groups in total. The van der Waals surface area contributed by atoms with Crippen molar-refractivity contribution in [3.05, 3.63) is 0 Å². The predicted molar refractivity (Wildman–Crippen MR) is 80.8 cm³/mol. The molecule has 0 spiro atoms. The monoisotopic (exact) mass is 296 g/mol. The highest BCUT2D eigenvalue weighted by molar-refractivity contribution is 5.96. The molecule has 2 amide bonds. The fraction of sp³-hybridized carbons (Fsp3) is 0.875. The first-order chi connectivity index (χ1) is 10.1. The highest BCUT2D eigenvalue weighted by Gasteiger charge is 2.41. The summed E-state index contributed by atoms with van der Waals surface area (Å²) in [6.45, 7) is 7.54. The number of carbonyl (C=O) groups excluding carboxylic acids is 2. The van der Waals surface area contributed by atoms with E-state index >= 15 is 0 Å². The van der Waals surface area contributed by atoms with E-state index in [0.29, 0.717) is 18.9 Å². The summed E-state index contributed by atoms with van der Waals surface area (Å²) < 4.78 is 5.72. The molecule has 0 aromatic rings. The van der Waals surface area contributed by atoms with Gasteiger partial charge in [-0.1, -0.05) is 27.2 Å². The van der Waals surface area contributed by atoms with Gasteiger partial charge in [-0.05, 0) is 25.7 Å². The van der Waals surface area contributed by atoms with Gasteiger partial charge >= 0.3 is 0 Å². The Morgan fingerprint density at radius 2 is 2.00 bits per heavy atom. The average Bonchev–Trinajstić information content (AvgIpc) is 2.92. The number of hydrogen-bond donors (Lipinski definition) is 1. The summed E-state index contributed by atoms with van der Waals surface area (Å²) in [7, 11) is 0. The minimum absolute atomic E-state index is 0.00233. The van der Waals surface area contributed by atoms with Crippen molar-refractivity contribution in [2.45, 2.75) is 71.1 Å². The van der Waals surface area contributed by atoms with Crippen molar-refractivity contribution >= 4 is 11.8 Å². The second kappa shape index (κ2) is 7.25. The van der Waals surface area contributed by atoms with Gasteiger partial charge in [-0.15, -0.1) is 0 Å². The molecule has 0 aromatic carbocycles. The van der Waals surface area contributed by atoms with Crippen LogP contribution in [-0.2, 0) is 14.3 Å². The molecule has 0 aromatic heterocycles. The van der Waals surface area contributed by atoms with Gasteiger partial charge in [0.05, 0.1) is 6.10 Å². The molecule has 5 heteroatoms. The Labute approximate surface area is 127 Å². The molecule has 4 atom stereocenters. The van der Waals surface area contributed by atoms with Crippen LogP contribution >= 0.6 is 0 Å². The summed E-state index contributed by atoms with van der Waals surface area (Å²) in [5.74, 6) is 0.453. The first-order valence-corrected chi connectivity index (χ1v) is 8.34. The first kappa shape index (κ1) is 16.3. The summed E-state index contributed by atoms with van der Waals surface area (Å²) in [4.78, 5) is 26.8. The van der Waals surface area contributed by atoms with E-state index in [9.17, 15) is 9.59 Å². The van der Waals surface area contributed by atoms with Crippen LogP contribution in [0.4, 0.5) is 0 Å². The van der Waals surface area contributed by atoms with E-state index in [1.54, 1.807) is 0 Å². The minimum Gasteiger partial charge on any atom is -0.378 e. The van der Waals surface area contributed by atoms with E-state index in [2.05, 4.69) is 12.2 Å². The first-order valence-electron chi connectivity index (χ1n) is 8.34. The SMILES string of the molecule is CCCC1NC(=O)C(CC)N(CC2CCOC2CC)C1=O. The predicted octanol–water partition coefficient (Wildman–Crippen LogP) is 1.71. The molecule has 120 valence electrons. The smallest absolute Gasteiger partial charge is 0.245 e. The topological polar surface area (TPSA) is 58.6 Å². The molecular formula is C16H28N2O3.